The van der Waals surface area contributed by atoms with Crippen molar-refractivity contribution < 1.29 is 12.8 Å². The number of aliphatic imine (C=N–C) groups is 1. The molecule has 0 bridgehead atoms. The molecule has 2 saturated heterocycles. The Labute approximate surface area is 160 Å². The van der Waals surface area contributed by atoms with Gasteiger partial charge in [0.1, 0.15) is 5.82 Å². The van der Waals surface area contributed by atoms with Crippen molar-refractivity contribution in [3.63, 3.8) is 0 Å². The van der Waals surface area contributed by atoms with Crippen LogP contribution in [0.2, 0.25) is 0 Å². The molecule has 9 heteroatoms. The van der Waals surface area contributed by atoms with Gasteiger partial charge in [-0.2, -0.15) is 0 Å². The molecule has 0 radical (unpaired) electrons. The maximum Gasteiger partial charge on any atom is 0.214 e. The predicted octanol–water partition coefficient (Wildman–Crippen LogP) is 0.949. The van der Waals surface area contributed by atoms with Gasteiger partial charge in [0.25, 0.3) is 0 Å². The molecular weight excluding hydrogens is 369 g/mol. The molecule has 2 aliphatic rings. The number of piperazine rings is 1. The number of nitrogens with zero attached hydrogens (tertiary/aromatic N) is 4. The molecule has 0 unspecified atom stereocenters. The number of rotatable bonds is 5. The Morgan fingerprint density at radius 1 is 1.19 bits per heavy atom. The van der Waals surface area contributed by atoms with E-state index < -0.39 is 10.0 Å². The fraction of sp³-hybridized carbons (Fsp3) is 0.611. The van der Waals surface area contributed by atoms with E-state index in [1.807, 2.05) is 17.9 Å². The third-order valence-corrected chi connectivity index (χ3v) is 6.88. The van der Waals surface area contributed by atoms with Crippen LogP contribution in [0.15, 0.2) is 29.3 Å². The van der Waals surface area contributed by atoms with Gasteiger partial charge in [-0.3, -0.25) is 4.99 Å². The van der Waals surface area contributed by atoms with E-state index in [2.05, 4.69) is 15.2 Å². The van der Waals surface area contributed by atoms with Crippen molar-refractivity contribution in [1.82, 2.24) is 14.5 Å². The summed E-state index contributed by atoms with van der Waals surface area (Å²) in [5, 5.41) is 3.28. The monoisotopic (exact) mass is 397 g/mol. The second-order valence-corrected chi connectivity index (χ2v) is 8.82. The zero-order chi connectivity index (χ0) is 19.3. The second kappa shape index (κ2) is 8.88. The van der Waals surface area contributed by atoms with E-state index in [4.69, 9.17) is 0 Å². The van der Waals surface area contributed by atoms with Gasteiger partial charge in [-0.1, -0.05) is 12.1 Å². The van der Waals surface area contributed by atoms with Crippen molar-refractivity contribution in [3.05, 3.63) is 30.1 Å². The first-order valence-corrected chi connectivity index (χ1v) is 11.1. The van der Waals surface area contributed by atoms with Gasteiger partial charge in [0.2, 0.25) is 10.0 Å². The smallest absolute Gasteiger partial charge is 0.214 e. The van der Waals surface area contributed by atoms with Crippen LogP contribution in [-0.2, 0) is 10.0 Å². The standard InChI is InChI=1S/C18H28FN5O2S/c1-2-20-18(21-8-10-24-9-5-15-27(24,25)26)23-13-11-22(12-14-23)17-7-4-3-6-16(17)19/h3-4,6-7H,2,5,8-15H2,1H3,(H,20,21). The van der Waals surface area contributed by atoms with E-state index in [9.17, 15) is 12.8 Å². The lowest BCUT2D eigenvalue weighted by molar-refractivity contribution is 0.369. The van der Waals surface area contributed by atoms with Crippen LogP contribution >= 0.6 is 0 Å². The molecule has 150 valence electrons. The summed E-state index contributed by atoms with van der Waals surface area (Å²) in [7, 11) is -3.08. The molecule has 0 spiro atoms. The molecule has 2 heterocycles. The minimum Gasteiger partial charge on any atom is -0.366 e. The minimum atomic E-state index is -3.08. The minimum absolute atomic E-state index is 0.196. The Hall–Kier alpha value is -1.87. The third-order valence-electron chi connectivity index (χ3n) is 4.92. The Morgan fingerprint density at radius 3 is 2.56 bits per heavy atom. The summed E-state index contributed by atoms with van der Waals surface area (Å²) in [4.78, 5) is 8.81. The van der Waals surface area contributed by atoms with Crippen molar-refractivity contribution in [3.8, 4) is 0 Å². The quantitative estimate of drug-likeness (QED) is 0.592. The zero-order valence-corrected chi connectivity index (χ0v) is 16.6. The molecule has 0 atom stereocenters. The first-order valence-electron chi connectivity index (χ1n) is 9.52. The van der Waals surface area contributed by atoms with Gasteiger partial charge >= 0.3 is 0 Å². The summed E-state index contributed by atoms with van der Waals surface area (Å²) in [5.74, 6) is 0.843. The number of guanidine groups is 1. The van der Waals surface area contributed by atoms with Gasteiger partial charge in [0.05, 0.1) is 18.0 Å². The maximum absolute atomic E-state index is 14.0. The lowest BCUT2D eigenvalue weighted by atomic mass is 10.2. The first-order chi connectivity index (χ1) is 13.0. The largest absolute Gasteiger partial charge is 0.366 e. The van der Waals surface area contributed by atoms with Gasteiger partial charge in [-0.05, 0) is 25.5 Å². The van der Waals surface area contributed by atoms with Crippen LogP contribution in [0.4, 0.5) is 10.1 Å². The van der Waals surface area contributed by atoms with Crippen LogP contribution < -0.4 is 10.2 Å². The van der Waals surface area contributed by atoms with Crippen LogP contribution in [0.25, 0.3) is 0 Å². The number of anilines is 1. The highest BCUT2D eigenvalue weighted by molar-refractivity contribution is 7.89. The van der Waals surface area contributed by atoms with Crippen molar-refractivity contribution in [2.75, 3.05) is 63.0 Å². The number of para-hydroxylation sites is 1. The molecule has 3 rings (SSSR count). The highest BCUT2D eigenvalue weighted by Gasteiger charge is 2.27. The third kappa shape index (κ3) is 4.90. The molecule has 1 aromatic carbocycles. The fourth-order valence-electron chi connectivity index (χ4n) is 3.50. The average Bonchev–Trinajstić information content (AvgIpc) is 3.00. The summed E-state index contributed by atoms with van der Waals surface area (Å²) < 4.78 is 39.3. The SMILES string of the molecule is CCNC(=NCCN1CCCS1(=O)=O)N1CCN(c2ccccc2F)CC1. The molecule has 2 aliphatic heterocycles. The Morgan fingerprint density at radius 2 is 1.93 bits per heavy atom. The number of hydrogen-bond donors (Lipinski definition) is 1. The van der Waals surface area contributed by atoms with E-state index in [-0.39, 0.29) is 11.6 Å². The summed E-state index contributed by atoms with van der Waals surface area (Å²) in [5.41, 5.74) is 0.637. The van der Waals surface area contributed by atoms with Gasteiger partial charge < -0.3 is 15.1 Å². The van der Waals surface area contributed by atoms with Gasteiger partial charge in [0.15, 0.2) is 5.96 Å². The highest BCUT2D eigenvalue weighted by Crippen LogP contribution is 2.20. The molecule has 0 amide bonds. The Bertz CT molecular complexity index is 763. The fourth-order valence-corrected chi connectivity index (χ4v) is 5.02. The van der Waals surface area contributed by atoms with Crippen LogP contribution in [0.3, 0.4) is 0 Å². The molecule has 0 saturated carbocycles. The second-order valence-electron chi connectivity index (χ2n) is 6.73. The van der Waals surface area contributed by atoms with Crippen LogP contribution in [0.5, 0.6) is 0 Å². The molecule has 7 nitrogen and oxygen atoms in total. The summed E-state index contributed by atoms with van der Waals surface area (Å²) >= 11 is 0. The van der Waals surface area contributed by atoms with Gasteiger partial charge in [-0.25, -0.2) is 17.1 Å². The molecule has 1 N–H and O–H groups in total. The maximum atomic E-state index is 14.0. The van der Waals surface area contributed by atoms with Crippen molar-refractivity contribution in [2.24, 2.45) is 4.99 Å². The highest BCUT2D eigenvalue weighted by atomic mass is 32.2. The number of hydrogen-bond acceptors (Lipinski definition) is 4. The molecule has 0 aromatic heterocycles. The summed E-state index contributed by atoms with van der Waals surface area (Å²) in [6.07, 6.45) is 0.699. The topological polar surface area (TPSA) is 68.2 Å². The molecule has 1 aromatic rings. The van der Waals surface area contributed by atoms with E-state index in [1.54, 1.807) is 12.1 Å². The van der Waals surface area contributed by atoms with E-state index in [0.717, 1.165) is 25.6 Å². The van der Waals surface area contributed by atoms with Crippen molar-refractivity contribution in [1.29, 1.82) is 0 Å². The van der Waals surface area contributed by atoms with E-state index >= 15 is 0 Å². The van der Waals surface area contributed by atoms with E-state index in [1.165, 1.54) is 10.4 Å². The molecule has 0 aliphatic carbocycles. The van der Waals surface area contributed by atoms with Gasteiger partial charge in [0, 0.05) is 45.8 Å². The Balaban J connectivity index is 1.57. The number of sulfonamides is 1. The van der Waals surface area contributed by atoms with Crippen molar-refractivity contribution in [2.45, 2.75) is 13.3 Å². The van der Waals surface area contributed by atoms with Crippen molar-refractivity contribution >= 4 is 21.7 Å². The van der Waals surface area contributed by atoms with Gasteiger partial charge in [-0.15, -0.1) is 0 Å². The van der Waals surface area contributed by atoms with E-state index in [0.29, 0.717) is 44.8 Å². The number of halogens is 1. The first kappa shape index (κ1) is 19.9. The lowest BCUT2D eigenvalue weighted by Crippen LogP contribution is -2.53. The van der Waals surface area contributed by atoms with Crippen LogP contribution in [0, 0.1) is 5.82 Å². The Kier molecular flexibility index (Phi) is 6.54. The average molecular weight is 398 g/mol. The lowest BCUT2D eigenvalue weighted by Gasteiger charge is -2.37. The molecule has 27 heavy (non-hydrogen) atoms. The number of nitrogens with one attached hydrogen (secondary N) is 1. The normalized spacial score (nSPS) is 20.9. The summed E-state index contributed by atoms with van der Waals surface area (Å²) in [6.45, 7) is 7.11. The molecule has 2 fully saturated rings. The zero-order valence-electron chi connectivity index (χ0n) is 15.8. The van der Waals surface area contributed by atoms with Crippen LogP contribution in [-0.4, -0.2) is 81.7 Å². The van der Waals surface area contributed by atoms with Crippen LogP contribution in [0.1, 0.15) is 13.3 Å². The number of benzene rings is 1. The summed E-state index contributed by atoms with van der Waals surface area (Å²) in [6, 6.07) is 6.84. The molecular formula is C18H28FN5O2S. The predicted molar refractivity (Wildman–Crippen MR) is 106 cm³/mol.